The van der Waals surface area contributed by atoms with Gasteiger partial charge in [0.25, 0.3) is 0 Å². The van der Waals surface area contributed by atoms with Crippen LogP contribution in [0.3, 0.4) is 0 Å². The second kappa shape index (κ2) is 7.36. The molecule has 0 saturated heterocycles. The second-order valence-electron chi connectivity index (χ2n) is 10.5. The van der Waals surface area contributed by atoms with Crippen molar-refractivity contribution in [2.45, 2.75) is 65.2 Å². The molecule has 0 aliphatic heterocycles. The van der Waals surface area contributed by atoms with Crippen molar-refractivity contribution in [1.82, 2.24) is 0 Å². The molecule has 3 N–H and O–H groups in total. The monoisotopic (exact) mass is 387 g/mol. The molecule has 0 bridgehead atoms. The number of rotatable bonds is 4. The molecule has 0 aromatic carbocycles. The highest BCUT2D eigenvalue weighted by Crippen LogP contribution is 2.66. The van der Waals surface area contributed by atoms with Crippen molar-refractivity contribution in [2.24, 2.45) is 52.1 Å². The van der Waals surface area contributed by atoms with Crippen molar-refractivity contribution in [3.8, 4) is 0 Å². The van der Waals surface area contributed by atoms with E-state index in [1.54, 1.807) is 0 Å². The number of nitrogens with two attached hydrogens (primary N) is 1. The summed E-state index contributed by atoms with van der Waals surface area (Å²) in [6.07, 6.45) is 12.1. The summed E-state index contributed by atoms with van der Waals surface area (Å²) >= 11 is 0. The molecule has 0 heterocycles. The molecular formula is C24H37NO3. The summed E-state index contributed by atoms with van der Waals surface area (Å²) in [5.41, 5.74) is 5.42. The summed E-state index contributed by atoms with van der Waals surface area (Å²) < 4.78 is 0. The van der Waals surface area contributed by atoms with E-state index < -0.39 is 0 Å². The molecule has 0 spiro atoms. The third-order valence-electron chi connectivity index (χ3n) is 9.40. The third-order valence-corrected chi connectivity index (χ3v) is 9.40. The van der Waals surface area contributed by atoms with Gasteiger partial charge in [-0.2, -0.15) is 0 Å². The zero-order valence-electron chi connectivity index (χ0n) is 17.5. The standard InChI is InChI=1S/C24H37NO3/c1-23-10-8-15(5-3-4-12-25)13-19(23)16(14-26)22(28)21-17-6-7-20(27)24(17,2)11-9-18(21)23/h3,5,15-19,21,26H,4,6-14,25H2,1-2H3/b5-3-/t15-,16-,17+,18+,19?,21+,23-,24+/m1/s1. The van der Waals surface area contributed by atoms with Gasteiger partial charge in [-0.05, 0) is 80.6 Å². The Morgan fingerprint density at radius 1 is 1.11 bits per heavy atom. The van der Waals surface area contributed by atoms with Crippen LogP contribution in [0, 0.1) is 46.3 Å². The zero-order valence-corrected chi connectivity index (χ0v) is 17.5. The summed E-state index contributed by atoms with van der Waals surface area (Å²) in [5.74, 6) is 1.69. The van der Waals surface area contributed by atoms with E-state index in [1.165, 1.54) is 0 Å². The maximum atomic E-state index is 13.6. The Hall–Kier alpha value is -1.00. The van der Waals surface area contributed by atoms with Crippen LogP contribution in [0.5, 0.6) is 0 Å². The Balaban J connectivity index is 1.64. The lowest BCUT2D eigenvalue weighted by Crippen LogP contribution is -2.60. The molecule has 4 saturated carbocycles. The van der Waals surface area contributed by atoms with E-state index in [9.17, 15) is 14.7 Å². The molecule has 4 rings (SSSR count). The van der Waals surface area contributed by atoms with Gasteiger partial charge in [-0.1, -0.05) is 26.0 Å². The van der Waals surface area contributed by atoms with E-state index in [2.05, 4.69) is 26.0 Å². The Bertz CT molecular complexity index is 673. The van der Waals surface area contributed by atoms with Crippen LogP contribution in [-0.4, -0.2) is 29.8 Å². The quantitative estimate of drug-likeness (QED) is 0.723. The van der Waals surface area contributed by atoms with Gasteiger partial charge in [-0.15, -0.1) is 0 Å². The van der Waals surface area contributed by atoms with E-state index in [0.29, 0.717) is 30.6 Å². The van der Waals surface area contributed by atoms with Crippen LogP contribution in [-0.2, 0) is 9.59 Å². The number of Topliss-reactive ketones (excluding diaryl/α,β-unsaturated/α-hetero) is 2. The average molecular weight is 388 g/mol. The minimum absolute atomic E-state index is 0.0204. The van der Waals surface area contributed by atoms with Crippen molar-refractivity contribution >= 4 is 11.6 Å². The summed E-state index contributed by atoms with van der Waals surface area (Å²) in [6, 6.07) is 0. The zero-order chi connectivity index (χ0) is 20.1. The van der Waals surface area contributed by atoms with Gasteiger partial charge < -0.3 is 10.8 Å². The van der Waals surface area contributed by atoms with Gasteiger partial charge >= 0.3 is 0 Å². The Morgan fingerprint density at radius 2 is 1.89 bits per heavy atom. The highest BCUT2D eigenvalue weighted by Gasteiger charge is 2.64. The molecular weight excluding hydrogens is 350 g/mol. The summed E-state index contributed by atoms with van der Waals surface area (Å²) in [4.78, 5) is 26.3. The molecule has 4 fully saturated rings. The number of carbonyl (C=O) groups is 2. The van der Waals surface area contributed by atoms with Crippen LogP contribution >= 0.6 is 0 Å². The molecule has 0 aromatic heterocycles. The van der Waals surface area contributed by atoms with Gasteiger partial charge in [0, 0.05) is 23.7 Å². The van der Waals surface area contributed by atoms with Crippen LogP contribution < -0.4 is 5.73 Å². The number of fused-ring (bicyclic) bond motifs is 5. The predicted molar refractivity (Wildman–Crippen MR) is 109 cm³/mol. The normalized spacial score (nSPS) is 48.4. The molecule has 4 heteroatoms. The fourth-order valence-electron chi connectivity index (χ4n) is 7.75. The lowest BCUT2D eigenvalue weighted by atomic mass is 9.42. The summed E-state index contributed by atoms with van der Waals surface area (Å²) in [5, 5.41) is 10.2. The molecule has 1 unspecified atom stereocenters. The molecule has 0 radical (unpaired) electrons. The number of ketones is 2. The first kappa shape index (κ1) is 20.3. The lowest BCUT2D eigenvalue weighted by molar-refractivity contribution is -0.171. The van der Waals surface area contributed by atoms with E-state index in [0.717, 1.165) is 44.9 Å². The molecule has 156 valence electrons. The summed E-state index contributed by atoms with van der Waals surface area (Å²) in [7, 11) is 0. The highest BCUT2D eigenvalue weighted by molar-refractivity contribution is 5.91. The Morgan fingerprint density at radius 3 is 2.61 bits per heavy atom. The van der Waals surface area contributed by atoms with Gasteiger partial charge in [0.05, 0.1) is 6.61 Å². The maximum Gasteiger partial charge on any atom is 0.142 e. The molecule has 0 aromatic rings. The van der Waals surface area contributed by atoms with E-state index in [4.69, 9.17) is 5.73 Å². The van der Waals surface area contributed by atoms with Gasteiger partial charge in [0.1, 0.15) is 11.6 Å². The molecule has 4 aliphatic rings. The van der Waals surface area contributed by atoms with Crippen LogP contribution in [0.1, 0.15) is 65.2 Å². The van der Waals surface area contributed by atoms with Crippen molar-refractivity contribution in [1.29, 1.82) is 0 Å². The molecule has 0 amide bonds. The van der Waals surface area contributed by atoms with Gasteiger partial charge in [-0.25, -0.2) is 0 Å². The number of aliphatic hydroxyl groups excluding tert-OH is 1. The minimum Gasteiger partial charge on any atom is -0.396 e. The third kappa shape index (κ3) is 2.86. The molecule has 28 heavy (non-hydrogen) atoms. The number of hydrogen-bond acceptors (Lipinski definition) is 4. The fraction of sp³-hybridized carbons (Fsp3) is 0.833. The van der Waals surface area contributed by atoms with E-state index in [1.807, 2.05) is 0 Å². The van der Waals surface area contributed by atoms with Gasteiger partial charge in [0.2, 0.25) is 0 Å². The molecule has 4 aliphatic carbocycles. The Kier molecular flexibility index (Phi) is 5.33. The number of aliphatic hydroxyl groups is 1. The van der Waals surface area contributed by atoms with Crippen molar-refractivity contribution in [2.75, 3.05) is 13.2 Å². The fourth-order valence-corrected chi connectivity index (χ4v) is 7.75. The summed E-state index contributed by atoms with van der Waals surface area (Å²) in [6.45, 7) is 5.13. The highest BCUT2D eigenvalue weighted by atomic mass is 16.3. The first-order valence-electron chi connectivity index (χ1n) is 11.4. The largest absolute Gasteiger partial charge is 0.396 e. The smallest absolute Gasteiger partial charge is 0.142 e. The van der Waals surface area contributed by atoms with Crippen molar-refractivity contribution in [3.63, 3.8) is 0 Å². The number of carbonyl (C=O) groups excluding carboxylic acids is 2. The lowest BCUT2D eigenvalue weighted by Gasteiger charge is -2.61. The SMILES string of the molecule is C[C@]12CC[C@@H](/C=C\CCN)CC1[C@@H](CO)C(=O)[C@@H]1[C@@H]2CC[C@]2(C)C(=O)CC[C@@H]12. The van der Waals surface area contributed by atoms with Crippen molar-refractivity contribution < 1.29 is 14.7 Å². The number of allylic oxidation sites excluding steroid dienone is 1. The van der Waals surface area contributed by atoms with Crippen LogP contribution in [0.25, 0.3) is 0 Å². The van der Waals surface area contributed by atoms with Crippen LogP contribution in [0.2, 0.25) is 0 Å². The minimum atomic E-state index is -0.303. The first-order chi connectivity index (χ1) is 13.4. The average Bonchev–Trinajstić information content (AvgIpc) is 2.98. The predicted octanol–water partition coefficient (Wildman–Crippen LogP) is 3.52. The van der Waals surface area contributed by atoms with Crippen LogP contribution in [0.15, 0.2) is 12.2 Å². The second-order valence-corrected chi connectivity index (χ2v) is 10.5. The number of hydrogen-bond donors (Lipinski definition) is 2. The Labute approximate surface area is 169 Å². The maximum absolute atomic E-state index is 13.6. The molecule has 4 nitrogen and oxygen atoms in total. The topological polar surface area (TPSA) is 80.4 Å². The van der Waals surface area contributed by atoms with Crippen molar-refractivity contribution in [3.05, 3.63) is 12.2 Å². The van der Waals surface area contributed by atoms with Crippen LogP contribution in [0.4, 0.5) is 0 Å². The first-order valence-corrected chi connectivity index (χ1v) is 11.4. The van der Waals surface area contributed by atoms with Gasteiger partial charge in [-0.3, -0.25) is 9.59 Å². The van der Waals surface area contributed by atoms with E-state index >= 15 is 0 Å². The molecule has 8 atom stereocenters. The van der Waals surface area contributed by atoms with Gasteiger partial charge in [0.15, 0.2) is 0 Å². The van der Waals surface area contributed by atoms with E-state index in [-0.39, 0.29) is 46.9 Å².